The third kappa shape index (κ3) is 3.93. The fourth-order valence-corrected chi connectivity index (χ4v) is 1.87. The number of pyridine rings is 1. The Morgan fingerprint density at radius 1 is 1.42 bits per heavy atom. The number of methoxy groups -OCH3 is 1. The first-order valence-corrected chi connectivity index (χ1v) is 6.63. The summed E-state index contributed by atoms with van der Waals surface area (Å²) in [7, 11) is 1.18. The molecular weight excluding hydrogens is 322 g/mol. The van der Waals surface area contributed by atoms with Crippen LogP contribution in [0.3, 0.4) is 0 Å². The summed E-state index contributed by atoms with van der Waals surface area (Å²) in [4.78, 5) is 41.4. The van der Waals surface area contributed by atoms with Crippen molar-refractivity contribution in [3.05, 3.63) is 40.6 Å². The van der Waals surface area contributed by atoms with E-state index in [9.17, 15) is 19.7 Å². The number of nitro groups is 1. The van der Waals surface area contributed by atoms with E-state index in [0.717, 1.165) is 0 Å². The Morgan fingerprint density at radius 2 is 2.21 bits per heavy atom. The van der Waals surface area contributed by atoms with Crippen LogP contribution in [0.4, 0.5) is 5.69 Å². The Hall–Kier alpha value is -3.27. The highest BCUT2D eigenvalue weighted by molar-refractivity contribution is 5.92. The highest BCUT2D eigenvalue weighted by Gasteiger charge is 2.16. The highest BCUT2D eigenvalue weighted by atomic mass is 16.8. The van der Waals surface area contributed by atoms with Crippen LogP contribution in [0.2, 0.25) is 0 Å². The fraction of sp³-hybridized carbons (Fsp3) is 0.214. The Balaban J connectivity index is 2.11. The smallest absolute Gasteiger partial charge is 0.328 e. The van der Waals surface area contributed by atoms with E-state index in [0.29, 0.717) is 16.9 Å². The van der Waals surface area contributed by atoms with Crippen molar-refractivity contribution < 1.29 is 28.8 Å². The van der Waals surface area contributed by atoms with Gasteiger partial charge in [0.05, 0.1) is 17.4 Å². The van der Waals surface area contributed by atoms with Crippen molar-refractivity contribution in [2.75, 3.05) is 20.4 Å². The number of hydroxylamine groups is 2. The molecule has 10 heteroatoms. The van der Waals surface area contributed by atoms with Gasteiger partial charge in [0.1, 0.15) is 17.8 Å². The summed E-state index contributed by atoms with van der Waals surface area (Å²) < 4.78 is 9.75. The molecule has 0 aliphatic rings. The van der Waals surface area contributed by atoms with Gasteiger partial charge in [0.15, 0.2) is 0 Å². The van der Waals surface area contributed by atoms with Gasteiger partial charge in [-0.2, -0.15) is 0 Å². The van der Waals surface area contributed by atoms with Crippen LogP contribution >= 0.6 is 0 Å². The van der Waals surface area contributed by atoms with E-state index in [-0.39, 0.29) is 17.0 Å². The molecule has 2 aromatic rings. The molecular formula is C14H13N3O7. The van der Waals surface area contributed by atoms with Crippen LogP contribution in [-0.4, -0.2) is 47.8 Å². The van der Waals surface area contributed by atoms with Gasteiger partial charge in [-0.3, -0.25) is 24.7 Å². The Morgan fingerprint density at radius 3 is 2.88 bits per heavy atom. The van der Waals surface area contributed by atoms with Crippen LogP contribution < -0.4 is 4.74 Å². The van der Waals surface area contributed by atoms with Crippen LogP contribution in [0.15, 0.2) is 30.5 Å². The number of rotatable bonds is 8. The first-order chi connectivity index (χ1) is 11.6. The quantitative estimate of drug-likeness (QED) is 0.231. The maximum absolute atomic E-state index is 11.1. The van der Waals surface area contributed by atoms with Crippen LogP contribution in [-0.2, 0) is 19.2 Å². The number of hydrogen-bond donors (Lipinski definition) is 0. The predicted molar refractivity (Wildman–Crippen MR) is 79.8 cm³/mol. The fourth-order valence-electron chi connectivity index (χ4n) is 1.87. The minimum atomic E-state index is -0.662. The number of benzene rings is 1. The summed E-state index contributed by atoms with van der Waals surface area (Å²) in [5, 5.41) is 12.0. The maximum atomic E-state index is 11.1. The van der Waals surface area contributed by atoms with Gasteiger partial charge < -0.3 is 9.47 Å². The largest absolute Gasteiger partial charge is 0.468 e. The highest BCUT2D eigenvalue weighted by Crippen LogP contribution is 2.31. The number of amides is 1. The lowest BCUT2D eigenvalue weighted by Crippen LogP contribution is -2.31. The molecule has 0 saturated carbocycles. The summed E-state index contributed by atoms with van der Waals surface area (Å²) in [5.41, 5.74) is 0.174. The molecule has 1 aromatic carbocycles. The molecule has 24 heavy (non-hydrogen) atoms. The van der Waals surface area contributed by atoms with E-state index >= 15 is 0 Å². The average molecular weight is 335 g/mol. The molecule has 0 radical (unpaired) electrons. The topological polar surface area (TPSA) is 121 Å². The summed E-state index contributed by atoms with van der Waals surface area (Å²) in [5.74, 6) is -0.426. The van der Waals surface area contributed by atoms with Gasteiger partial charge in [-0.25, -0.2) is 9.90 Å². The van der Waals surface area contributed by atoms with Crippen molar-refractivity contribution in [2.24, 2.45) is 0 Å². The second kappa shape index (κ2) is 7.83. The zero-order valence-electron chi connectivity index (χ0n) is 12.6. The monoisotopic (exact) mass is 335 g/mol. The number of ether oxygens (including phenoxy) is 2. The van der Waals surface area contributed by atoms with Crippen molar-refractivity contribution in [3.8, 4) is 5.75 Å². The first kappa shape index (κ1) is 17.1. The third-order valence-electron chi connectivity index (χ3n) is 2.97. The Labute approximate surface area is 135 Å². The minimum absolute atomic E-state index is 0.105. The summed E-state index contributed by atoms with van der Waals surface area (Å²) in [6.45, 7) is -0.804. The first-order valence-electron chi connectivity index (χ1n) is 6.63. The molecule has 0 saturated heterocycles. The van der Waals surface area contributed by atoms with Crippen LogP contribution in [0, 0.1) is 10.1 Å². The molecule has 0 unspecified atom stereocenters. The zero-order valence-corrected chi connectivity index (χ0v) is 12.6. The van der Waals surface area contributed by atoms with E-state index in [1.54, 1.807) is 12.1 Å². The van der Waals surface area contributed by atoms with Crippen molar-refractivity contribution in [1.82, 2.24) is 10.0 Å². The molecule has 0 N–H and O–H groups in total. The average Bonchev–Trinajstić information content (AvgIpc) is 2.60. The molecule has 10 nitrogen and oxygen atoms in total. The van der Waals surface area contributed by atoms with Crippen molar-refractivity contribution in [2.45, 2.75) is 0 Å². The molecule has 1 aromatic heterocycles. The van der Waals surface area contributed by atoms with Gasteiger partial charge >= 0.3 is 5.97 Å². The molecule has 0 bridgehead atoms. The standard InChI is InChI=1S/C14H13N3O7/c1-22-13(19)7-16(8-18)24-9-23-12-5-4-11(17(20)21)10-3-2-6-15-14(10)12/h2-6,8H,7,9H2,1H3. The second-order valence-corrected chi connectivity index (χ2v) is 4.39. The van der Waals surface area contributed by atoms with Crippen LogP contribution in [0.5, 0.6) is 5.75 Å². The third-order valence-corrected chi connectivity index (χ3v) is 2.97. The molecule has 1 amide bonds. The normalized spacial score (nSPS) is 10.2. The van der Waals surface area contributed by atoms with E-state index in [4.69, 9.17) is 9.57 Å². The molecule has 126 valence electrons. The Bertz CT molecular complexity index is 765. The number of hydrogen-bond acceptors (Lipinski definition) is 8. The number of nitro benzene ring substituents is 1. The number of carbonyl (C=O) groups excluding carboxylic acids is 2. The summed E-state index contributed by atoms with van der Waals surface area (Å²) in [6.07, 6.45) is 1.77. The van der Waals surface area contributed by atoms with Crippen molar-refractivity contribution in [3.63, 3.8) is 0 Å². The van der Waals surface area contributed by atoms with Gasteiger partial charge in [0.2, 0.25) is 13.2 Å². The number of fused-ring (bicyclic) bond motifs is 1. The van der Waals surface area contributed by atoms with Gasteiger partial charge in [-0.1, -0.05) is 0 Å². The molecule has 0 aliphatic heterocycles. The van der Waals surface area contributed by atoms with Gasteiger partial charge in [0, 0.05) is 12.3 Å². The van der Waals surface area contributed by atoms with Gasteiger partial charge in [0.25, 0.3) is 5.69 Å². The second-order valence-electron chi connectivity index (χ2n) is 4.39. The lowest BCUT2D eigenvalue weighted by atomic mass is 10.1. The zero-order chi connectivity index (χ0) is 17.5. The predicted octanol–water partition coefficient (Wildman–Crippen LogP) is 1.04. The molecule has 1 heterocycles. The summed E-state index contributed by atoms with van der Waals surface area (Å²) in [6, 6.07) is 5.77. The number of nitrogens with zero attached hydrogens (tertiary/aromatic N) is 3. The van der Waals surface area contributed by atoms with Gasteiger partial charge in [-0.15, -0.1) is 0 Å². The molecule has 2 rings (SSSR count). The Kier molecular flexibility index (Phi) is 5.58. The van der Waals surface area contributed by atoms with E-state index in [1.165, 1.54) is 25.4 Å². The van der Waals surface area contributed by atoms with E-state index < -0.39 is 24.2 Å². The minimum Gasteiger partial charge on any atom is -0.468 e. The van der Waals surface area contributed by atoms with Crippen LogP contribution in [0.25, 0.3) is 10.9 Å². The molecule has 0 spiro atoms. The van der Waals surface area contributed by atoms with Crippen molar-refractivity contribution in [1.29, 1.82) is 0 Å². The van der Waals surface area contributed by atoms with Crippen molar-refractivity contribution >= 4 is 29.0 Å². The lowest BCUT2D eigenvalue weighted by molar-refractivity contribution is -0.383. The number of non-ortho nitro benzene ring substituents is 1. The number of carbonyl (C=O) groups is 2. The summed E-state index contributed by atoms with van der Waals surface area (Å²) >= 11 is 0. The molecule has 0 atom stereocenters. The van der Waals surface area contributed by atoms with E-state index in [1.807, 2.05) is 0 Å². The molecule has 0 fully saturated rings. The SMILES string of the molecule is COC(=O)CN(C=O)OCOc1ccc([N+](=O)[O-])c2cccnc12. The van der Waals surface area contributed by atoms with Gasteiger partial charge in [-0.05, 0) is 18.2 Å². The van der Waals surface area contributed by atoms with E-state index in [2.05, 4.69) is 9.72 Å². The molecule has 0 aliphatic carbocycles. The lowest BCUT2D eigenvalue weighted by Gasteiger charge is -2.16. The van der Waals surface area contributed by atoms with Crippen LogP contribution in [0.1, 0.15) is 0 Å². The number of esters is 1. The number of aromatic nitrogens is 1. The maximum Gasteiger partial charge on any atom is 0.328 e.